The Morgan fingerprint density at radius 2 is 1.67 bits per heavy atom. The zero-order chi connectivity index (χ0) is 12.4. The van der Waals surface area contributed by atoms with Crippen LogP contribution in [0.3, 0.4) is 0 Å². The van der Waals surface area contributed by atoms with Gasteiger partial charge in [-0.15, -0.1) is 0 Å². The van der Waals surface area contributed by atoms with Gasteiger partial charge in [0, 0.05) is 24.0 Å². The van der Waals surface area contributed by atoms with Gasteiger partial charge in [-0.25, -0.2) is 0 Å². The number of aromatic nitrogens is 1. The molecule has 1 aromatic carbocycles. The average molecular weight is 238 g/mol. The molecule has 3 nitrogen and oxygen atoms in total. The number of hydrogen-bond acceptors (Lipinski definition) is 2. The lowest BCUT2D eigenvalue weighted by molar-refractivity contribution is 0.0938. The Balaban J connectivity index is 1.68. The van der Waals surface area contributed by atoms with Crippen molar-refractivity contribution in [3.63, 3.8) is 0 Å². The summed E-state index contributed by atoms with van der Waals surface area (Å²) < 4.78 is 0. The van der Waals surface area contributed by atoms with Crippen molar-refractivity contribution in [3.05, 3.63) is 65.5 Å². The van der Waals surface area contributed by atoms with Crippen molar-refractivity contribution < 1.29 is 4.79 Å². The molecule has 18 heavy (non-hydrogen) atoms. The fraction of sp³-hybridized carbons (Fsp3) is 0.200. The lowest BCUT2D eigenvalue weighted by Gasteiger charge is -2.11. The summed E-state index contributed by atoms with van der Waals surface area (Å²) in [6.45, 7) is 0. The van der Waals surface area contributed by atoms with Crippen LogP contribution >= 0.6 is 0 Å². The minimum atomic E-state index is -0.0183. The van der Waals surface area contributed by atoms with Gasteiger partial charge in [0.1, 0.15) is 0 Å². The van der Waals surface area contributed by atoms with Crippen LogP contribution in [0.4, 0.5) is 0 Å². The second-order valence-electron chi connectivity index (χ2n) is 4.58. The van der Waals surface area contributed by atoms with Crippen molar-refractivity contribution in [2.24, 2.45) is 0 Å². The first-order valence-corrected chi connectivity index (χ1v) is 6.10. The van der Waals surface area contributed by atoms with Gasteiger partial charge < -0.3 is 5.32 Å². The molecule has 1 N–H and O–H groups in total. The van der Waals surface area contributed by atoms with Crippen molar-refractivity contribution in [1.29, 1.82) is 0 Å². The molecule has 0 radical (unpaired) electrons. The molecule has 90 valence electrons. The number of pyridine rings is 1. The van der Waals surface area contributed by atoms with Gasteiger partial charge in [-0.05, 0) is 36.1 Å². The second-order valence-corrected chi connectivity index (χ2v) is 4.58. The Hall–Kier alpha value is -2.16. The van der Waals surface area contributed by atoms with E-state index in [-0.39, 0.29) is 11.9 Å². The predicted octanol–water partition coefficient (Wildman–Crippen LogP) is 1.98. The smallest absolute Gasteiger partial charge is 0.251 e. The van der Waals surface area contributed by atoms with Gasteiger partial charge in [0.15, 0.2) is 0 Å². The molecule has 0 fully saturated rings. The Bertz CT molecular complexity index is 541. The molecular weight excluding hydrogens is 224 g/mol. The van der Waals surface area contributed by atoms with Gasteiger partial charge in [-0.2, -0.15) is 0 Å². The summed E-state index contributed by atoms with van der Waals surface area (Å²) in [4.78, 5) is 15.9. The normalized spacial score (nSPS) is 14.2. The van der Waals surface area contributed by atoms with Crippen molar-refractivity contribution in [2.45, 2.75) is 18.9 Å². The first-order chi connectivity index (χ1) is 8.83. The number of nitrogens with zero attached hydrogens (tertiary/aromatic N) is 1. The zero-order valence-corrected chi connectivity index (χ0v) is 9.97. The van der Waals surface area contributed by atoms with Crippen LogP contribution in [0.15, 0.2) is 48.8 Å². The van der Waals surface area contributed by atoms with Gasteiger partial charge in [0.25, 0.3) is 5.91 Å². The van der Waals surface area contributed by atoms with Gasteiger partial charge in [0.2, 0.25) is 0 Å². The van der Waals surface area contributed by atoms with Gasteiger partial charge in [-0.1, -0.05) is 24.3 Å². The van der Waals surface area contributed by atoms with Crippen LogP contribution in [-0.2, 0) is 12.8 Å². The first kappa shape index (κ1) is 11.0. The molecule has 1 aromatic heterocycles. The van der Waals surface area contributed by atoms with Crippen LogP contribution in [0.2, 0.25) is 0 Å². The van der Waals surface area contributed by atoms with Crippen molar-refractivity contribution >= 4 is 5.91 Å². The van der Waals surface area contributed by atoms with E-state index in [9.17, 15) is 4.79 Å². The minimum Gasteiger partial charge on any atom is -0.349 e. The molecule has 0 saturated carbocycles. The van der Waals surface area contributed by atoms with Crippen LogP contribution in [0.5, 0.6) is 0 Å². The van der Waals surface area contributed by atoms with Crippen molar-refractivity contribution in [3.8, 4) is 0 Å². The lowest BCUT2D eigenvalue weighted by atomic mass is 10.1. The molecule has 2 aromatic rings. The van der Waals surface area contributed by atoms with E-state index in [4.69, 9.17) is 0 Å². The summed E-state index contributed by atoms with van der Waals surface area (Å²) in [6.07, 6.45) is 5.12. The summed E-state index contributed by atoms with van der Waals surface area (Å²) in [5.74, 6) is -0.0183. The summed E-state index contributed by atoms with van der Waals surface area (Å²) in [5, 5.41) is 3.08. The van der Waals surface area contributed by atoms with Crippen LogP contribution in [-0.4, -0.2) is 16.9 Å². The van der Waals surface area contributed by atoms with E-state index in [0.29, 0.717) is 5.56 Å². The maximum absolute atomic E-state index is 12.0. The topological polar surface area (TPSA) is 42.0 Å². The highest BCUT2D eigenvalue weighted by Gasteiger charge is 2.22. The highest BCUT2D eigenvalue weighted by molar-refractivity contribution is 5.94. The quantitative estimate of drug-likeness (QED) is 0.869. The highest BCUT2D eigenvalue weighted by Crippen LogP contribution is 2.21. The molecule has 0 atom stereocenters. The first-order valence-electron chi connectivity index (χ1n) is 6.10. The Morgan fingerprint density at radius 3 is 2.28 bits per heavy atom. The Labute approximate surface area is 106 Å². The summed E-state index contributed by atoms with van der Waals surface area (Å²) in [5.41, 5.74) is 3.36. The molecular formula is C15H14N2O. The third kappa shape index (κ3) is 2.12. The lowest BCUT2D eigenvalue weighted by Crippen LogP contribution is -2.35. The van der Waals surface area contributed by atoms with Crippen LogP contribution in [0, 0.1) is 0 Å². The standard InChI is InChI=1S/C15H14N2O/c18-15(11-5-7-16-8-6-11)17-14-9-12-3-1-2-4-13(12)10-14/h1-8,14H,9-10H2,(H,17,18). The molecule has 0 bridgehead atoms. The summed E-state index contributed by atoms with van der Waals surface area (Å²) >= 11 is 0. The third-order valence-electron chi connectivity index (χ3n) is 3.33. The molecule has 0 spiro atoms. The molecule has 3 rings (SSSR count). The molecule has 0 aliphatic heterocycles. The highest BCUT2D eigenvalue weighted by atomic mass is 16.1. The number of carbonyl (C=O) groups excluding carboxylic acids is 1. The van der Waals surface area contributed by atoms with Gasteiger partial charge in [0.05, 0.1) is 0 Å². The van der Waals surface area contributed by atoms with Crippen LogP contribution in [0.25, 0.3) is 0 Å². The van der Waals surface area contributed by atoms with Crippen molar-refractivity contribution in [2.75, 3.05) is 0 Å². The molecule has 0 saturated heterocycles. The van der Waals surface area contributed by atoms with E-state index in [1.807, 2.05) is 12.1 Å². The fourth-order valence-electron chi connectivity index (χ4n) is 2.43. The van der Waals surface area contributed by atoms with Crippen molar-refractivity contribution in [1.82, 2.24) is 10.3 Å². The van der Waals surface area contributed by atoms with Crippen LogP contribution < -0.4 is 5.32 Å². The number of carbonyl (C=O) groups is 1. The molecule has 1 aliphatic carbocycles. The summed E-state index contributed by atoms with van der Waals surface area (Å²) in [6, 6.07) is 12.0. The van der Waals surface area contributed by atoms with E-state index >= 15 is 0 Å². The molecule has 1 heterocycles. The number of benzene rings is 1. The predicted molar refractivity (Wildman–Crippen MR) is 69.3 cm³/mol. The Kier molecular flexibility index (Phi) is 2.81. The maximum atomic E-state index is 12.0. The summed E-state index contributed by atoms with van der Waals surface area (Å²) in [7, 11) is 0. The van der Waals surface area contributed by atoms with Gasteiger partial charge >= 0.3 is 0 Å². The van der Waals surface area contributed by atoms with E-state index in [2.05, 4.69) is 22.4 Å². The average Bonchev–Trinajstić information content (AvgIpc) is 2.82. The Morgan fingerprint density at radius 1 is 1.06 bits per heavy atom. The van der Waals surface area contributed by atoms with Gasteiger partial charge in [-0.3, -0.25) is 9.78 Å². The second kappa shape index (κ2) is 4.61. The minimum absolute atomic E-state index is 0.0183. The van der Waals surface area contributed by atoms with Crippen LogP contribution in [0.1, 0.15) is 21.5 Å². The van der Waals surface area contributed by atoms with E-state index in [0.717, 1.165) is 12.8 Å². The fourth-order valence-corrected chi connectivity index (χ4v) is 2.43. The molecule has 3 heteroatoms. The zero-order valence-electron chi connectivity index (χ0n) is 9.97. The van der Waals surface area contributed by atoms with E-state index in [1.54, 1.807) is 24.5 Å². The maximum Gasteiger partial charge on any atom is 0.251 e. The SMILES string of the molecule is O=C(NC1Cc2ccccc2C1)c1ccncc1. The van der Waals surface area contributed by atoms with E-state index in [1.165, 1.54) is 11.1 Å². The number of rotatable bonds is 2. The number of fused-ring (bicyclic) bond motifs is 1. The monoisotopic (exact) mass is 238 g/mol. The molecule has 0 unspecified atom stereocenters. The van der Waals surface area contributed by atoms with E-state index < -0.39 is 0 Å². The number of nitrogens with one attached hydrogen (secondary N) is 1. The number of hydrogen-bond donors (Lipinski definition) is 1. The largest absolute Gasteiger partial charge is 0.349 e. The number of amides is 1. The molecule has 1 amide bonds. The third-order valence-corrected chi connectivity index (χ3v) is 3.33. The molecule has 1 aliphatic rings.